The zero-order valence-corrected chi connectivity index (χ0v) is 12.5. The fourth-order valence-electron chi connectivity index (χ4n) is 2.39. The normalized spacial score (nSPS) is 17.8. The van der Waals surface area contributed by atoms with Crippen molar-refractivity contribution in [2.24, 2.45) is 0 Å². The summed E-state index contributed by atoms with van der Waals surface area (Å²) in [4.78, 5) is 15.1. The second kappa shape index (κ2) is 6.22. The molecule has 0 spiro atoms. The van der Waals surface area contributed by atoms with Crippen molar-refractivity contribution in [3.8, 4) is 17.1 Å². The first-order valence-electron chi connectivity index (χ1n) is 7.09. The van der Waals surface area contributed by atoms with Gasteiger partial charge >= 0.3 is 18.2 Å². The highest BCUT2D eigenvalue weighted by Gasteiger charge is 2.38. The Morgan fingerprint density at radius 2 is 2.16 bits per heavy atom. The number of carboxylic acid groups (broad SMARTS) is 1. The Bertz CT molecular complexity index is 793. The molecule has 1 aromatic heterocycles. The third-order valence-electron chi connectivity index (χ3n) is 3.57. The van der Waals surface area contributed by atoms with Crippen LogP contribution in [0.15, 0.2) is 22.7 Å². The number of nitrogens with zero attached hydrogens (tertiary/aromatic N) is 3. The van der Waals surface area contributed by atoms with Gasteiger partial charge in [-0.05, 0) is 12.1 Å². The molecule has 0 saturated carbocycles. The molecule has 1 amide bonds. The van der Waals surface area contributed by atoms with Gasteiger partial charge in [-0.1, -0.05) is 5.16 Å². The summed E-state index contributed by atoms with van der Waals surface area (Å²) in [5.41, 5.74) is -0.273. The summed E-state index contributed by atoms with van der Waals surface area (Å²) in [6, 6.07) is 3.48. The summed E-state index contributed by atoms with van der Waals surface area (Å²) in [6.07, 6.45) is -5.85. The first-order chi connectivity index (χ1) is 11.7. The van der Waals surface area contributed by atoms with Crippen LogP contribution in [-0.4, -0.2) is 45.4 Å². The number of benzene rings is 1. The number of alkyl halides is 3. The number of halogens is 4. The largest absolute Gasteiger partial charge is 0.488 e. The molecule has 1 saturated heterocycles. The monoisotopic (exact) mass is 361 g/mol. The summed E-state index contributed by atoms with van der Waals surface area (Å²) in [5.74, 6) is -2.87. The molecule has 0 bridgehead atoms. The van der Waals surface area contributed by atoms with Gasteiger partial charge in [0.05, 0.1) is 12.1 Å². The molecular formula is C14H11F4N3O4. The fraction of sp³-hybridized carbons (Fsp3) is 0.357. The van der Waals surface area contributed by atoms with Crippen LogP contribution in [0, 0.1) is 5.82 Å². The van der Waals surface area contributed by atoms with E-state index in [2.05, 4.69) is 14.7 Å². The highest BCUT2D eigenvalue weighted by atomic mass is 19.4. The Morgan fingerprint density at radius 3 is 2.72 bits per heavy atom. The van der Waals surface area contributed by atoms with Crippen LogP contribution in [0.4, 0.5) is 22.4 Å². The molecule has 1 aromatic carbocycles. The van der Waals surface area contributed by atoms with Crippen molar-refractivity contribution in [1.29, 1.82) is 0 Å². The van der Waals surface area contributed by atoms with Crippen molar-refractivity contribution in [3.05, 3.63) is 29.9 Å². The maximum atomic E-state index is 14.1. The SMILES string of the molecule is O=C(O)N1CCC(Oc2ccc(-c3noc(C(F)(F)F)n3)c(F)c2)C1. The number of likely N-dealkylation sites (tertiary alicyclic amines) is 1. The zero-order valence-electron chi connectivity index (χ0n) is 12.5. The molecule has 1 unspecified atom stereocenters. The van der Waals surface area contributed by atoms with Gasteiger partial charge in [0.1, 0.15) is 17.7 Å². The van der Waals surface area contributed by atoms with Crippen LogP contribution < -0.4 is 4.74 Å². The third-order valence-corrected chi connectivity index (χ3v) is 3.57. The average Bonchev–Trinajstić information content (AvgIpc) is 3.16. The maximum absolute atomic E-state index is 14.1. The molecule has 25 heavy (non-hydrogen) atoms. The van der Waals surface area contributed by atoms with Crippen molar-refractivity contribution >= 4 is 6.09 Å². The number of carbonyl (C=O) groups is 1. The van der Waals surface area contributed by atoms with Crippen molar-refractivity contribution < 1.29 is 36.7 Å². The second-order valence-electron chi connectivity index (χ2n) is 5.32. The van der Waals surface area contributed by atoms with E-state index in [1.807, 2.05) is 0 Å². The minimum absolute atomic E-state index is 0.123. The summed E-state index contributed by atoms with van der Waals surface area (Å²) in [5, 5.41) is 12.0. The molecule has 1 fully saturated rings. The van der Waals surface area contributed by atoms with E-state index in [4.69, 9.17) is 9.84 Å². The van der Waals surface area contributed by atoms with Gasteiger partial charge in [-0.25, -0.2) is 9.18 Å². The molecule has 1 atom stereocenters. The van der Waals surface area contributed by atoms with Gasteiger partial charge in [0, 0.05) is 19.0 Å². The number of ether oxygens (including phenoxy) is 1. The van der Waals surface area contributed by atoms with Crippen LogP contribution in [0.5, 0.6) is 5.75 Å². The van der Waals surface area contributed by atoms with Crippen molar-refractivity contribution in [2.75, 3.05) is 13.1 Å². The van der Waals surface area contributed by atoms with E-state index < -0.39 is 35.9 Å². The molecule has 1 N–H and O–H groups in total. The Hall–Kier alpha value is -2.85. The molecule has 1 aliphatic heterocycles. The van der Waals surface area contributed by atoms with Gasteiger partial charge in [0.25, 0.3) is 0 Å². The maximum Gasteiger partial charge on any atom is 0.471 e. The zero-order chi connectivity index (χ0) is 18.2. The Labute approximate surface area is 137 Å². The van der Waals surface area contributed by atoms with Crippen LogP contribution in [0.3, 0.4) is 0 Å². The van der Waals surface area contributed by atoms with E-state index >= 15 is 0 Å². The predicted octanol–water partition coefficient (Wildman–Crippen LogP) is 3.03. The molecule has 3 rings (SSSR count). The smallest absolute Gasteiger partial charge is 0.471 e. The van der Waals surface area contributed by atoms with Gasteiger partial charge in [0.15, 0.2) is 0 Å². The van der Waals surface area contributed by atoms with Crippen LogP contribution >= 0.6 is 0 Å². The number of hydrogen-bond donors (Lipinski definition) is 1. The highest BCUT2D eigenvalue weighted by molar-refractivity contribution is 5.65. The summed E-state index contributed by atoms with van der Waals surface area (Å²) >= 11 is 0. The molecule has 134 valence electrons. The summed E-state index contributed by atoms with van der Waals surface area (Å²) in [7, 11) is 0. The average molecular weight is 361 g/mol. The standard InChI is InChI=1S/C14H11F4N3O4/c15-10-5-7(24-8-3-4-21(6-8)13(22)23)1-2-9(10)11-19-12(25-20-11)14(16,17)18/h1-2,5,8H,3-4,6H2,(H,22,23). The third kappa shape index (κ3) is 3.64. The number of aromatic nitrogens is 2. The second-order valence-corrected chi connectivity index (χ2v) is 5.32. The minimum atomic E-state index is -4.82. The van der Waals surface area contributed by atoms with Gasteiger partial charge in [0.2, 0.25) is 5.82 Å². The van der Waals surface area contributed by atoms with Gasteiger partial charge < -0.3 is 19.3 Å². The van der Waals surface area contributed by atoms with E-state index in [9.17, 15) is 22.4 Å². The summed E-state index contributed by atoms with van der Waals surface area (Å²) in [6.45, 7) is 0.460. The van der Waals surface area contributed by atoms with Crippen molar-refractivity contribution in [3.63, 3.8) is 0 Å². The predicted molar refractivity (Wildman–Crippen MR) is 73.3 cm³/mol. The molecule has 11 heteroatoms. The summed E-state index contributed by atoms with van der Waals surface area (Å²) < 4.78 is 61.0. The first kappa shape index (κ1) is 17.0. The van der Waals surface area contributed by atoms with Crippen LogP contribution in [-0.2, 0) is 6.18 Å². The van der Waals surface area contributed by atoms with Gasteiger partial charge in [-0.15, -0.1) is 0 Å². The Morgan fingerprint density at radius 1 is 1.40 bits per heavy atom. The van der Waals surface area contributed by atoms with E-state index in [-0.39, 0.29) is 17.9 Å². The lowest BCUT2D eigenvalue weighted by molar-refractivity contribution is -0.159. The van der Waals surface area contributed by atoms with Gasteiger partial charge in [-0.2, -0.15) is 18.2 Å². The molecule has 1 aliphatic rings. The molecule has 0 aliphatic carbocycles. The molecule has 2 heterocycles. The number of rotatable bonds is 3. The van der Waals surface area contributed by atoms with E-state index in [1.165, 1.54) is 17.0 Å². The Balaban J connectivity index is 1.73. The van der Waals surface area contributed by atoms with Crippen molar-refractivity contribution in [1.82, 2.24) is 15.0 Å². The number of hydrogen-bond acceptors (Lipinski definition) is 5. The topological polar surface area (TPSA) is 88.7 Å². The lowest BCUT2D eigenvalue weighted by Crippen LogP contribution is -2.29. The van der Waals surface area contributed by atoms with E-state index in [0.29, 0.717) is 13.0 Å². The van der Waals surface area contributed by atoms with E-state index in [1.54, 1.807) is 0 Å². The van der Waals surface area contributed by atoms with Crippen molar-refractivity contribution in [2.45, 2.75) is 18.7 Å². The van der Waals surface area contributed by atoms with E-state index in [0.717, 1.165) is 6.07 Å². The first-order valence-corrected chi connectivity index (χ1v) is 7.09. The van der Waals surface area contributed by atoms with Gasteiger partial charge in [-0.3, -0.25) is 0 Å². The van der Waals surface area contributed by atoms with Crippen LogP contribution in [0.1, 0.15) is 12.3 Å². The minimum Gasteiger partial charge on any atom is -0.488 e. The lowest BCUT2D eigenvalue weighted by Gasteiger charge is -2.14. The quantitative estimate of drug-likeness (QED) is 0.846. The highest BCUT2D eigenvalue weighted by Crippen LogP contribution is 2.31. The lowest BCUT2D eigenvalue weighted by atomic mass is 10.2. The van der Waals surface area contributed by atoms with Crippen LogP contribution in [0.2, 0.25) is 0 Å². The molecular weight excluding hydrogens is 350 g/mol. The van der Waals surface area contributed by atoms with Crippen LogP contribution in [0.25, 0.3) is 11.4 Å². The molecule has 7 nitrogen and oxygen atoms in total. The number of amides is 1. The molecule has 0 radical (unpaired) electrons. The Kier molecular flexibility index (Phi) is 4.23. The molecule has 2 aromatic rings. The fourth-order valence-corrected chi connectivity index (χ4v) is 2.39.